The summed E-state index contributed by atoms with van der Waals surface area (Å²) in [6, 6.07) is 18.4. The van der Waals surface area contributed by atoms with Gasteiger partial charge in [0.1, 0.15) is 5.56 Å². The molecule has 0 radical (unpaired) electrons. The summed E-state index contributed by atoms with van der Waals surface area (Å²) in [6.07, 6.45) is 0. The van der Waals surface area contributed by atoms with Crippen molar-refractivity contribution >= 4 is 32.5 Å². The van der Waals surface area contributed by atoms with Crippen molar-refractivity contribution in [2.75, 3.05) is 18.9 Å². The van der Waals surface area contributed by atoms with Gasteiger partial charge in [-0.1, -0.05) is 18.2 Å². The molecule has 0 atom stereocenters. The first kappa shape index (κ1) is 22.1. The van der Waals surface area contributed by atoms with Crippen LogP contribution in [0.1, 0.15) is 15.9 Å². The predicted molar refractivity (Wildman–Crippen MR) is 123 cm³/mol. The summed E-state index contributed by atoms with van der Waals surface area (Å²) in [5.41, 5.74) is -0.341. The SMILES string of the molecule is COc1ccc2cc(C(=O)c3ccc(NS(=O)(=O)c4ccccc4)cc3)c(=O)oc2c1OC. The largest absolute Gasteiger partial charge is 0.493 e. The topological polar surface area (TPSA) is 112 Å². The number of fused-ring (bicyclic) bond motifs is 1. The second kappa shape index (κ2) is 8.79. The highest BCUT2D eigenvalue weighted by molar-refractivity contribution is 7.92. The van der Waals surface area contributed by atoms with Crippen molar-refractivity contribution in [1.82, 2.24) is 0 Å². The number of hydrogen-bond acceptors (Lipinski definition) is 7. The van der Waals surface area contributed by atoms with Crippen LogP contribution in [0.15, 0.2) is 86.9 Å². The van der Waals surface area contributed by atoms with Crippen molar-refractivity contribution in [1.29, 1.82) is 0 Å². The first-order valence-electron chi connectivity index (χ1n) is 9.75. The molecule has 0 aliphatic heterocycles. The summed E-state index contributed by atoms with van der Waals surface area (Å²) in [5, 5.41) is 0.489. The van der Waals surface area contributed by atoms with E-state index in [2.05, 4.69) is 4.72 Å². The van der Waals surface area contributed by atoms with Gasteiger partial charge in [-0.3, -0.25) is 9.52 Å². The molecule has 0 amide bonds. The van der Waals surface area contributed by atoms with Gasteiger partial charge in [0, 0.05) is 16.6 Å². The minimum Gasteiger partial charge on any atom is -0.493 e. The molecule has 0 spiro atoms. The molecule has 3 aromatic carbocycles. The molecule has 168 valence electrons. The molecule has 0 unspecified atom stereocenters. The molecule has 0 saturated carbocycles. The summed E-state index contributed by atoms with van der Waals surface area (Å²) in [7, 11) is -0.882. The van der Waals surface area contributed by atoms with Crippen LogP contribution in [-0.2, 0) is 10.0 Å². The number of carbonyl (C=O) groups is 1. The number of rotatable bonds is 7. The van der Waals surface area contributed by atoms with Gasteiger partial charge < -0.3 is 13.9 Å². The number of hydrogen-bond donors (Lipinski definition) is 1. The number of sulfonamides is 1. The van der Waals surface area contributed by atoms with Crippen LogP contribution in [0.2, 0.25) is 0 Å². The van der Waals surface area contributed by atoms with E-state index in [1.807, 2.05) is 0 Å². The van der Waals surface area contributed by atoms with Gasteiger partial charge in [-0.05, 0) is 54.6 Å². The molecule has 0 bridgehead atoms. The molecule has 1 aromatic heterocycles. The lowest BCUT2D eigenvalue weighted by molar-refractivity contribution is 0.103. The van der Waals surface area contributed by atoms with Crippen LogP contribution in [0.4, 0.5) is 5.69 Å². The van der Waals surface area contributed by atoms with E-state index in [0.29, 0.717) is 11.1 Å². The van der Waals surface area contributed by atoms with Crippen LogP contribution in [0.3, 0.4) is 0 Å². The number of ether oxygens (including phenoxy) is 2. The van der Waals surface area contributed by atoms with E-state index in [-0.39, 0.29) is 33.0 Å². The van der Waals surface area contributed by atoms with Gasteiger partial charge in [0.25, 0.3) is 10.0 Å². The van der Waals surface area contributed by atoms with Crippen molar-refractivity contribution in [2.45, 2.75) is 4.90 Å². The smallest absolute Gasteiger partial charge is 0.347 e. The number of methoxy groups -OCH3 is 2. The Bertz CT molecular complexity index is 1490. The van der Waals surface area contributed by atoms with Gasteiger partial charge >= 0.3 is 5.63 Å². The van der Waals surface area contributed by atoms with Crippen LogP contribution in [0, 0.1) is 0 Å². The highest BCUT2D eigenvalue weighted by Gasteiger charge is 2.20. The fourth-order valence-corrected chi connectivity index (χ4v) is 4.39. The van der Waals surface area contributed by atoms with Crippen molar-refractivity contribution in [2.24, 2.45) is 0 Å². The number of nitrogens with one attached hydrogen (secondary N) is 1. The second-order valence-corrected chi connectivity index (χ2v) is 8.67. The molecule has 0 aliphatic carbocycles. The predicted octanol–water partition coefficient (Wildman–Crippen LogP) is 3.84. The van der Waals surface area contributed by atoms with Crippen LogP contribution < -0.4 is 19.8 Å². The molecule has 8 nitrogen and oxygen atoms in total. The molecule has 9 heteroatoms. The zero-order chi connectivity index (χ0) is 23.6. The van der Waals surface area contributed by atoms with E-state index in [9.17, 15) is 18.0 Å². The van der Waals surface area contributed by atoms with Crippen LogP contribution in [0.25, 0.3) is 11.0 Å². The summed E-state index contributed by atoms with van der Waals surface area (Å²) < 4.78 is 43.2. The van der Waals surface area contributed by atoms with Crippen molar-refractivity contribution < 1.29 is 27.1 Å². The Labute approximate surface area is 189 Å². The molecular weight excluding hydrogens is 446 g/mol. The number of carbonyl (C=O) groups excluding carboxylic acids is 1. The maximum absolute atomic E-state index is 13.0. The minimum atomic E-state index is -3.76. The van der Waals surface area contributed by atoms with Crippen LogP contribution in [-0.4, -0.2) is 28.4 Å². The maximum Gasteiger partial charge on any atom is 0.347 e. The molecule has 4 aromatic rings. The third kappa shape index (κ3) is 4.31. The summed E-state index contributed by atoms with van der Waals surface area (Å²) >= 11 is 0. The molecule has 1 heterocycles. The van der Waals surface area contributed by atoms with Crippen molar-refractivity contribution in [3.05, 3.63) is 94.3 Å². The van der Waals surface area contributed by atoms with Crippen LogP contribution in [0.5, 0.6) is 11.5 Å². The van der Waals surface area contributed by atoms with Gasteiger partial charge in [0.2, 0.25) is 5.75 Å². The summed E-state index contributed by atoms with van der Waals surface area (Å²) in [4.78, 5) is 25.6. The minimum absolute atomic E-state index is 0.117. The van der Waals surface area contributed by atoms with E-state index in [1.54, 1.807) is 30.3 Å². The lowest BCUT2D eigenvalue weighted by Crippen LogP contribution is -2.15. The van der Waals surface area contributed by atoms with E-state index < -0.39 is 21.4 Å². The van der Waals surface area contributed by atoms with Gasteiger partial charge in [-0.25, -0.2) is 13.2 Å². The molecule has 0 saturated heterocycles. The van der Waals surface area contributed by atoms with Gasteiger partial charge in [-0.15, -0.1) is 0 Å². The Kier molecular flexibility index (Phi) is 5.89. The third-order valence-corrected chi connectivity index (χ3v) is 6.34. The van der Waals surface area contributed by atoms with E-state index in [1.165, 1.54) is 56.7 Å². The van der Waals surface area contributed by atoms with Gasteiger partial charge in [0.05, 0.1) is 19.1 Å². The quantitative estimate of drug-likeness (QED) is 0.326. The second-order valence-electron chi connectivity index (χ2n) is 6.99. The highest BCUT2D eigenvalue weighted by Crippen LogP contribution is 2.35. The number of anilines is 1. The zero-order valence-electron chi connectivity index (χ0n) is 17.7. The highest BCUT2D eigenvalue weighted by atomic mass is 32.2. The fraction of sp³-hybridized carbons (Fsp3) is 0.0833. The first-order valence-corrected chi connectivity index (χ1v) is 11.2. The Morgan fingerprint density at radius 2 is 1.61 bits per heavy atom. The Balaban J connectivity index is 1.63. The van der Waals surface area contributed by atoms with Gasteiger partial charge in [0.15, 0.2) is 17.1 Å². The molecule has 0 aliphatic rings. The standard InChI is InChI=1S/C24H19NO7S/c1-30-20-13-10-16-14-19(24(27)32-22(16)23(20)31-2)21(26)15-8-11-17(12-9-15)25-33(28,29)18-6-4-3-5-7-18/h3-14,25H,1-2H3. The Morgan fingerprint density at radius 3 is 2.24 bits per heavy atom. The summed E-state index contributed by atoms with van der Waals surface area (Å²) in [6.45, 7) is 0. The normalized spacial score (nSPS) is 11.2. The van der Waals surface area contributed by atoms with Crippen molar-refractivity contribution in [3.63, 3.8) is 0 Å². The van der Waals surface area contributed by atoms with Crippen LogP contribution >= 0.6 is 0 Å². The lowest BCUT2D eigenvalue weighted by atomic mass is 10.0. The first-order chi connectivity index (χ1) is 15.8. The van der Waals surface area contributed by atoms with Gasteiger partial charge in [-0.2, -0.15) is 0 Å². The zero-order valence-corrected chi connectivity index (χ0v) is 18.5. The maximum atomic E-state index is 13.0. The third-order valence-electron chi connectivity index (χ3n) is 4.94. The molecule has 1 N–H and O–H groups in total. The Hall–Kier alpha value is -4.11. The monoisotopic (exact) mass is 465 g/mol. The van der Waals surface area contributed by atoms with E-state index in [4.69, 9.17) is 13.9 Å². The van der Waals surface area contributed by atoms with E-state index >= 15 is 0 Å². The average Bonchev–Trinajstić information content (AvgIpc) is 2.83. The Morgan fingerprint density at radius 1 is 0.909 bits per heavy atom. The number of ketones is 1. The molecule has 4 rings (SSSR count). The summed E-state index contributed by atoms with van der Waals surface area (Å²) in [5.74, 6) is 0.0832. The average molecular weight is 465 g/mol. The molecule has 33 heavy (non-hydrogen) atoms. The lowest BCUT2D eigenvalue weighted by Gasteiger charge is -2.10. The van der Waals surface area contributed by atoms with E-state index in [0.717, 1.165) is 0 Å². The van der Waals surface area contributed by atoms with Crippen molar-refractivity contribution in [3.8, 4) is 11.5 Å². The fourth-order valence-electron chi connectivity index (χ4n) is 3.31. The molecule has 0 fully saturated rings. The number of benzene rings is 3. The molecular formula is C24H19NO7S.